The summed E-state index contributed by atoms with van der Waals surface area (Å²) in [5, 5.41) is 0.488. The topological polar surface area (TPSA) is 29.5 Å². The van der Waals surface area contributed by atoms with E-state index in [0.29, 0.717) is 23.7 Å². The van der Waals surface area contributed by atoms with Crippen molar-refractivity contribution in [2.75, 3.05) is 13.2 Å². The number of carbonyl (C=O) groups is 1. The molecule has 0 bridgehead atoms. The molecule has 0 spiro atoms. The third-order valence-corrected chi connectivity index (χ3v) is 4.18. The van der Waals surface area contributed by atoms with Crippen molar-refractivity contribution in [3.05, 3.63) is 33.3 Å². The van der Waals surface area contributed by atoms with Crippen LogP contribution in [0, 0.1) is 0 Å². The summed E-state index contributed by atoms with van der Waals surface area (Å²) in [6.45, 7) is 5.25. The molecule has 19 heavy (non-hydrogen) atoms. The molecule has 0 aromatic heterocycles. The lowest BCUT2D eigenvalue weighted by atomic mass is 10.1. The van der Waals surface area contributed by atoms with E-state index in [1.807, 2.05) is 17.9 Å². The molecule has 0 N–H and O–H groups in total. The van der Waals surface area contributed by atoms with Gasteiger partial charge in [-0.3, -0.25) is 4.79 Å². The molecule has 1 aliphatic rings. The lowest BCUT2D eigenvalue weighted by Crippen LogP contribution is -2.51. The van der Waals surface area contributed by atoms with Crippen LogP contribution in [0.5, 0.6) is 0 Å². The molecule has 1 aromatic rings. The summed E-state index contributed by atoms with van der Waals surface area (Å²) >= 11 is 9.52. The van der Waals surface area contributed by atoms with Crippen molar-refractivity contribution in [2.45, 2.75) is 32.4 Å². The van der Waals surface area contributed by atoms with Crippen molar-refractivity contribution in [1.29, 1.82) is 0 Å². The Labute approximate surface area is 127 Å². The Morgan fingerprint density at radius 1 is 1.58 bits per heavy atom. The minimum atomic E-state index is -0.0201. The monoisotopic (exact) mass is 345 g/mol. The van der Waals surface area contributed by atoms with Gasteiger partial charge in [0.15, 0.2) is 0 Å². The molecule has 3 nitrogen and oxygen atoms in total. The number of hydrogen-bond donors (Lipinski definition) is 0. The van der Waals surface area contributed by atoms with Gasteiger partial charge in [0.1, 0.15) is 0 Å². The van der Waals surface area contributed by atoms with Gasteiger partial charge in [-0.1, -0.05) is 34.5 Å². The Morgan fingerprint density at radius 2 is 2.32 bits per heavy atom. The molecule has 104 valence electrons. The van der Waals surface area contributed by atoms with Crippen LogP contribution in [0.2, 0.25) is 5.02 Å². The molecule has 1 saturated heterocycles. The number of morpholine rings is 1. The first-order chi connectivity index (χ1) is 9.02. The highest BCUT2D eigenvalue weighted by Gasteiger charge is 2.30. The van der Waals surface area contributed by atoms with Crippen molar-refractivity contribution in [3.63, 3.8) is 0 Å². The highest BCUT2D eigenvalue weighted by atomic mass is 79.9. The van der Waals surface area contributed by atoms with E-state index in [2.05, 4.69) is 22.9 Å². The van der Waals surface area contributed by atoms with E-state index in [-0.39, 0.29) is 18.1 Å². The standard InChI is InChI=1S/C14H17BrClNO2/c1-3-11-8-19-9(2)7-17(11)14(18)12-6-10(15)4-5-13(12)16/h4-6,9,11H,3,7-8H2,1-2H3. The molecule has 1 aromatic carbocycles. The minimum Gasteiger partial charge on any atom is -0.375 e. The van der Waals surface area contributed by atoms with E-state index in [0.717, 1.165) is 10.9 Å². The van der Waals surface area contributed by atoms with Gasteiger partial charge in [-0.15, -0.1) is 0 Å². The van der Waals surface area contributed by atoms with Crippen LogP contribution < -0.4 is 0 Å². The van der Waals surface area contributed by atoms with Crippen LogP contribution in [0.3, 0.4) is 0 Å². The van der Waals surface area contributed by atoms with Crippen molar-refractivity contribution in [3.8, 4) is 0 Å². The Bertz CT molecular complexity index is 481. The van der Waals surface area contributed by atoms with Gasteiger partial charge in [0.05, 0.1) is 29.3 Å². The molecular formula is C14H17BrClNO2. The normalized spacial score (nSPS) is 23.5. The van der Waals surface area contributed by atoms with E-state index >= 15 is 0 Å². The fourth-order valence-electron chi connectivity index (χ4n) is 2.25. The molecule has 1 fully saturated rings. The van der Waals surface area contributed by atoms with Crippen LogP contribution in [0.25, 0.3) is 0 Å². The number of carbonyl (C=O) groups excluding carboxylic acids is 1. The van der Waals surface area contributed by atoms with Crippen LogP contribution >= 0.6 is 27.5 Å². The third kappa shape index (κ3) is 3.30. The van der Waals surface area contributed by atoms with Gasteiger partial charge >= 0.3 is 0 Å². The molecule has 1 aliphatic heterocycles. The summed E-state index contributed by atoms with van der Waals surface area (Å²) in [5.74, 6) is -0.0201. The van der Waals surface area contributed by atoms with E-state index < -0.39 is 0 Å². The third-order valence-electron chi connectivity index (χ3n) is 3.36. The Hall–Kier alpha value is -0.580. The summed E-state index contributed by atoms with van der Waals surface area (Å²) in [6.07, 6.45) is 0.946. The lowest BCUT2D eigenvalue weighted by molar-refractivity contribution is -0.0444. The van der Waals surface area contributed by atoms with E-state index in [9.17, 15) is 4.79 Å². The Kier molecular flexibility index (Phi) is 4.87. The van der Waals surface area contributed by atoms with Gasteiger partial charge in [0.25, 0.3) is 5.91 Å². The second-order valence-corrected chi connectivity index (χ2v) is 6.11. The first kappa shape index (κ1) is 14.8. The SMILES string of the molecule is CCC1COC(C)CN1C(=O)c1cc(Br)ccc1Cl. The summed E-state index contributed by atoms with van der Waals surface area (Å²) in [6, 6.07) is 5.47. The highest BCUT2D eigenvalue weighted by Crippen LogP contribution is 2.25. The number of halogens is 2. The zero-order chi connectivity index (χ0) is 14.0. The number of hydrogen-bond acceptors (Lipinski definition) is 2. The van der Waals surface area contributed by atoms with Crippen LogP contribution in [0.4, 0.5) is 0 Å². The van der Waals surface area contributed by atoms with Crippen molar-refractivity contribution in [2.24, 2.45) is 0 Å². The van der Waals surface area contributed by atoms with Crippen LogP contribution in [-0.4, -0.2) is 36.1 Å². The minimum absolute atomic E-state index is 0.0201. The first-order valence-corrected chi connectivity index (χ1v) is 7.57. The maximum atomic E-state index is 12.7. The summed E-state index contributed by atoms with van der Waals surface area (Å²) in [5.41, 5.74) is 0.545. The molecule has 0 radical (unpaired) electrons. The number of rotatable bonds is 2. The van der Waals surface area contributed by atoms with E-state index in [4.69, 9.17) is 16.3 Å². The zero-order valence-corrected chi connectivity index (χ0v) is 13.4. The van der Waals surface area contributed by atoms with E-state index in [1.54, 1.807) is 12.1 Å². The fraction of sp³-hybridized carbons (Fsp3) is 0.500. The smallest absolute Gasteiger partial charge is 0.255 e. The summed E-state index contributed by atoms with van der Waals surface area (Å²) in [7, 11) is 0. The van der Waals surface area contributed by atoms with Gasteiger partial charge < -0.3 is 9.64 Å². The molecule has 2 unspecified atom stereocenters. The van der Waals surface area contributed by atoms with Gasteiger partial charge in [-0.05, 0) is 31.5 Å². The maximum absolute atomic E-state index is 12.7. The van der Waals surface area contributed by atoms with Gasteiger partial charge in [0, 0.05) is 11.0 Å². The molecule has 2 rings (SSSR count). The molecule has 2 atom stereocenters. The molecule has 5 heteroatoms. The van der Waals surface area contributed by atoms with Crippen molar-refractivity contribution < 1.29 is 9.53 Å². The average molecular weight is 347 g/mol. The molecule has 0 saturated carbocycles. The van der Waals surface area contributed by atoms with Crippen LogP contribution in [0.1, 0.15) is 30.6 Å². The first-order valence-electron chi connectivity index (χ1n) is 6.40. The van der Waals surface area contributed by atoms with Gasteiger partial charge in [-0.25, -0.2) is 0 Å². The zero-order valence-electron chi connectivity index (χ0n) is 11.0. The molecule has 1 heterocycles. The van der Waals surface area contributed by atoms with E-state index in [1.165, 1.54) is 0 Å². The fourth-order valence-corrected chi connectivity index (χ4v) is 2.81. The Morgan fingerprint density at radius 3 is 3.00 bits per heavy atom. The molecule has 0 aliphatic carbocycles. The summed E-state index contributed by atoms with van der Waals surface area (Å²) in [4.78, 5) is 14.5. The summed E-state index contributed by atoms with van der Waals surface area (Å²) < 4.78 is 6.47. The lowest BCUT2D eigenvalue weighted by Gasteiger charge is -2.38. The predicted molar refractivity (Wildman–Crippen MR) is 79.7 cm³/mol. The van der Waals surface area contributed by atoms with Gasteiger partial charge in [0.2, 0.25) is 0 Å². The van der Waals surface area contributed by atoms with Crippen LogP contribution in [-0.2, 0) is 4.74 Å². The number of benzene rings is 1. The van der Waals surface area contributed by atoms with Crippen molar-refractivity contribution in [1.82, 2.24) is 4.90 Å². The maximum Gasteiger partial charge on any atom is 0.255 e. The number of nitrogens with zero attached hydrogens (tertiary/aromatic N) is 1. The highest BCUT2D eigenvalue weighted by molar-refractivity contribution is 9.10. The number of ether oxygens (including phenoxy) is 1. The van der Waals surface area contributed by atoms with Gasteiger partial charge in [-0.2, -0.15) is 0 Å². The Balaban J connectivity index is 2.28. The molecule has 1 amide bonds. The predicted octanol–water partition coefficient (Wildman–Crippen LogP) is 3.74. The quantitative estimate of drug-likeness (QED) is 0.816. The average Bonchev–Trinajstić information content (AvgIpc) is 2.40. The van der Waals surface area contributed by atoms with Crippen LogP contribution in [0.15, 0.2) is 22.7 Å². The second-order valence-electron chi connectivity index (χ2n) is 4.79. The number of amides is 1. The second kappa shape index (κ2) is 6.25. The largest absolute Gasteiger partial charge is 0.375 e. The van der Waals surface area contributed by atoms with Crippen molar-refractivity contribution >= 4 is 33.4 Å². The molecular weight excluding hydrogens is 330 g/mol.